The van der Waals surface area contributed by atoms with Crippen molar-refractivity contribution in [2.75, 3.05) is 23.8 Å². The molecule has 0 atom stereocenters. The lowest BCUT2D eigenvalue weighted by molar-refractivity contribution is 0.489. The fourth-order valence-corrected chi connectivity index (χ4v) is 2.61. The summed E-state index contributed by atoms with van der Waals surface area (Å²) in [4.78, 5) is 4.24. The lowest BCUT2D eigenvalue weighted by atomic mass is 10.2. The molecule has 0 saturated carbocycles. The first-order valence-corrected chi connectivity index (χ1v) is 6.43. The molecule has 18 heavy (non-hydrogen) atoms. The summed E-state index contributed by atoms with van der Waals surface area (Å²) in [6, 6.07) is 2.92. The Balaban J connectivity index is 2.15. The third-order valence-corrected chi connectivity index (χ3v) is 3.60. The number of nitrogen functional groups attached to an aromatic ring is 1. The Morgan fingerprint density at radius 3 is 2.67 bits per heavy atom. The number of hydrogen-bond donors (Lipinski definition) is 1. The fourth-order valence-electron chi connectivity index (χ4n) is 2.45. The predicted molar refractivity (Wildman–Crippen MR) is 70.9 cm³/mol. The highest BCUT2D eigenvalue weighted by atomic mass is 35.5. The predicted octanol–water partition coefficient (Wildman–Crippen LogP) is 2.53. The van der Waals surface area contributed by atoms with Gasteiger partial charge in [0.25, 0.3) is 0 Å². The van der Waals surface area contributed by atoms with Gasteiger partial charge in [-0.25, -0.2) is 14.1 Å². The zero-order valence-electron chi connectivity index (χ0n) is 9.87. The lowest BCUT2D eigenvalue weighted by Crippen LogP contribution is -2.39. The second-order valence-electron chi connectivity index (χ2n) is 4.55. The van der Waals surface area contributed by atoms with Gasteiger partial charge < -0.3 is 10.7 Å². The van der Waals surface area contributed by atoms with E-state index in [0.717, 1.165) is 25.9 Å². The summed E-state index contributed by atoms with van der Waals surface area (Å²) in [7, 11) is 0. The van der Waals surface area contributed by atoms with Crippen LogP contribution in [0.3, 0.4) is 0 Å². The second-order valence-corrected chi connectivity index (χ2v) is 4.96. The van der Waals surface area contributed by atoms with Gasteiger partial charge in [0, 0.05) is 19.2 Å². The largest absolute Gasteiger partial charge is 0.368 e. The van der Waals surface area contributed by atoms with Crippen LogP contribution < -0.4 is 10.7 Å². The minimum Gasteiger partial charge on any atom is -0.368 e. The number of piperidine rings is 1. The van der Waals surface area contributed by atoms with Crippen molar-refractivity contribution in [2.24, 2.45) is 0 Å². The van der Waals surface area contributed by atoms with Crippen LogP contribution in [0.15, 0.2) is 12.1 Å². The molecule has 1 aromatic carbocycles. The minimum absolute atomic E-state index is 0.0748. The summed E-state index contributed by atoms with van der Waals surface area (Å²) in [5, 5.41) is 2.19. The van der Waals surface area contributed by atoms with Crippen LogP contribution in [-0.4, -0.2) is 22.7 Å². The maximum Gasteiger partial charge on any atom is 0.220 e. The Labute approximate surface area is 109 Å². The summed E-state index contributed by atoms with van der Waals surface area (Å²) in [6.45, 7) is 1.83. The Kier molecular flexibility index (Phi) is 2.78. The van der Waals surface area contributed by atoms with Crippen LogP contribution in [0.1, 0.15) is 19.3 Å². The molecule has 2 aromatic rings. The quantitative estimate of drug-likeness (QED) is 0.865. The Morgan fingerprint density at radius 1 is 1.22 bits per heavy atom. The van der Waals surface area contributed by atoms with Gasteiger partial charge in [-0.3, -0.25) is 0 Å². The fraction of sp³-hybridized carbons (Fsp3) is 0.417. The van der Waals surface area contributed by atoms with Crippen molar-refractivity contribution in [3.8, 4) is 0 Å². The van der Waals surface area contributed by atoms with Crippen molar-refractivity contribution >= 4 is 28.6 Å². The van der Waals surface area contributed by atoms with Crippen molar-refractivity contribution in [2.45, 2.75) is 19.3 Å². The molecule has 2 heterocycles. The Hall–Kier alpha value is -1.49. The van der Waals surface area contributed by atoms with Crippen LogP contribution in [0.25, 0.3) is 11.0 Å². The normalized spacial score (nSPS) is 16.4. The van der Waals surface area contributed by atoms with E-state index in [4.69, 9.17) is 17.3 Å². The molecule has 4 nitrogen and oxygen atoms in total. The number of imidazole rings is 1. The monoisotopic (exact) mass is 268 g/mol. The highest BCUT2D eigenvalue weighted by Crippen LogP contribution is 2.25. The molecular formula is C12H14ClFN4. The highest BCUT2D eigenvalue weighted by Gasteiger charge is 2.18. The molecule has 96 valence electrons. The molecule has 0 bridgehead atoms. The molecule has 1 fully saturated rings. The van der Waals surface area contributed by atoms with Gasteiger partial charge in [-0.2, -0.15) is 0 Å². The summed E-state index contributed by atoms with van der Waals surface area (Å²) < 4.78 is 15.4. The average molecular weight is 269 g/mol. The van der Waals surface area contributed by atoms with Gasteiger partial charge in [0.1, 0.15) is 5.82 Å². The number of nitrogens with zero attached hydrogens (tertiary/aromatic N) is 3. The maximum absolute atomic E-state index is 13.6. The molecule has 0 spiro atoms. The maximum atomic E-state index is 13.6. The van der Waals surface area contributed by atoms with Crippen molar-refractivity contribution in [1.29, 1.82) is 0 Å². The van der Waals surface area contributed by atoms with Gasteiger partial charge >= 0.3 is 0 Å². The summed E-state index contributed by atoms with van der Waals surface area (Å²) >= 11 is 5.76. The van der Waals surface area contributed by atoms with Crippen LogP contribution in [0.2, 0.25) is 5.02 Å². The van der Waals surface area contributed by atoms with Crippen LogP contribution in [0.4, 0.5) is 10.3 Å². The minimum atomic E-state index is -0.442. The van der Waals surface area contributed by atoms with Gasteiger partial charge in [0.05, 0.1) is 16.1 Å². The van der Waals surface area contributed by atoms with E-state index in [1.807, 2.05) is 0 Å². The number of aromatic nitrogens is 2. The Morgan fingerprint density at radius 2 is 1.94 bits per heavy atom. The van der Waals surface area contributed by atoms with Gasteiger partial charge in [0.2, 0.25) is 5.95 Å². The van der Waals surface area contributed by atoms with Gasteiger partial charge in [-0.05, 0) is 25.3 Å². The molecule has 1 aromatic heterocycles. The van der Waals surface area contributed by atoms with E-state index in [1.54, 1.807) is 4.68 Å². The van der Waals surface area contributed by atoms with Gasteiger partial charge in [0.15, 0.2) is 0 Å². The first-order valence-electron chi connectivity index (χ1n) is 6.05. The summed E-state index contributed by atoms with van der Waals surface area (Å²) in [5.74, 6) is -0.0594. The van der Waals surface area contributed by atoms with Crippen LogP contribution in [0, 0.1) is 5.82 Å². The van der Waals surface area contributed by atoms with E-state index in [-0.39, 0.29) is 5.02 Å². The van der Waals surface area contributed by atoms with E-state index >= 15 is 0 Å². The Bertz CT molecular complexity index is 589. The number of nitrogens with two attached hydrogens (primary N) is 1. The van der Waals surface area contributed by atoms with Crippen molar-refractivity contribution in [1.82, 2.24) is 9.66 Å². The number of halogens is 2. The molecule has 1 aliphatic rings. The molecule has 0 radical (unpaired) electrons. The van der Waals surface area contributed by atoms with Crippen LogP contribution in [-0.2, 0) is 0 Å². The van der Waals surface area contributed by atoms with E-state index in [1.165, 1.54) is 18.6 Å². The number of rotatable bonds is 1. The van der Waals surface area contributed by atoms with E-state index in [2.05, 4.69) is 9.99 Å². The van der Waals surface area contributed by atoms with Crippen molar-refractivity contribution in [3.63, 3.8) is 0 Å². The number of anilines is 1. The molecule has 1 aliphatic heterocycles. The average Bonchev–Trinajstić information content (AvgIpc) is 2.66. The zero-order valence-corrected chi connectivity index (χ0v) is 10.6. The van der Waals surface area contributed by atoms with Crippen molar-refractivity contribution in [3.05, 3.63) is 23.0 Å². The molecule has 0 aliphatic carbocycles. The zero-order chi connectivity index (χ0) is 12.7. The first-order chi connectivity index (χ1) is 8.66. The van der Waals surface area contributed by atoms with Crippen LogP contribution >= 0.6 is 11.6 Å². The number of fused-ring (bicyclic) bond motifs is 1. The van der Waals surface area contributed by atoms with E-state index < -0.39 is 5.82 Å². The molecule has 0 amide bonds. The smallest absolute Gasteiger partial charge is 0.220 e. The molecule has 1 saturated heterocycles. The molecule has 2 N–H and O–H groups in total. The third-order valence-electron chi connectivity index (χ3n) is 3.31. The number of hydrogen-bond acceptors (Lipinski definition) is 3. The SMILES string of the molecule is Nc1nc2cc(Cl)c(F)cc2n1N1CCCCC1. The van der Waals surface area contributed by atoms with Crippen molar-refractivity contribution < 1.29 is 4.39 Å². The molecular weight excluding hydrogens is 255 g/mol. The standard InChI is InChI=1S/C12H14ClFN4/c13-8-6-10-11(7-9(8)14)18(12(15)16-10)17-4-2-1-3-5-17/h6-7H,1-5H2,(H2,15,16). The summed E-state index contributed by atoms with van der Waals surface area (Å²) in [6.07, 6.45) is 3.47. The molecule has 6 heteroatoms. The van der Waals surface area contributed by atoms with Gasteiger partial charge in [-0.1, -0.05) is 11.6 Å². The molecule has 3 rings (SSSR count). The van der Waals surface area contributed by atoms with E-state index in [0.29, 0.717) is 17.0 Å². The van der Waals surface area contributed by atoms with Gasteiger partial charge in [-0.15, -0.1) is 0 Å². The van der Waals surface area contributed by atoms with Crippen LogP contribution in [0.5, 0.6) is 0 Å². The van der Waals surface area contributed by atoms with E-state index in [9.17, 15) is 4.39 Å². The highest BCUT2D eigenvalue weighted by molar-refractivity contribution is 6.31. The molecule has 0 unspecified atom stereocenters. The lowest BCUT2D eigenvalue weighted by Gasteiger charge is -2.30. The topological polar surface area (TPSA) is 47.1 Å². The summed E-state index contributed by atoms with van der Waals surface area (Å²) in [5.41, 5.74) is 7.24. The first kappa shape index (κ1) is 11.6. The second kappa shape index (κ2) is 4.31. The third kappa shape index (κ3) is 1.79. The number of benzene rings is 1.